The van der Waals surface area contributed by atoms with Crippen LogP contribution in [0.25, 0.3) is 0 Å². The minimum absolute atomic E-state index is 0.635. The van der Waals surface area contributed by atoms with E-state index in [0.717, 1.165) is 0 Å². The Labute approximate surface area is 67.0 Å². The molecular formula is C7H11NW. The summed E-state index contributed by atoms with van der Waals surface area (Å²) >= 11 is 1.36. The van der Waals surface area contributed by atoms with E-state index < -0.39 is 0 Å². The van der Waals surface area contributed by atoms with Crippen molar-refractivity contribution in [2.75, 3.05) is 0 Å². The number of aliphatic imine (C=N–C) groups is 1. The van der Waals surface area contributed by atoms with Gasteiger partial charge in [-0.05, 0) is 0 Å². The van der Waals surface area contributed by atoms with Crippen LogP contribution in [0.15, 0.2) is 4.99 Å². The van der Waals surface area contributed by atoms with Gasteiger partial charge in [-0.1, -0.05) is 0 Å². The Balaban J connectivity index is 2.31. The van der Waals surface area contributed by atoms with Crippen LogP contribution in [-0.4, -0.2) is 10.2 Å². The average Bonchev–Trinajstić information content (AvgIpc) is 1.91. The molecule has 0 aromatic heterocycles. The van der Waals surface area contributed by atoms with E-state index >= 15 is 0 Å². The maximum atomic E-state index is 4.27. The van der Waals surface area contributed by atoms with Gasteiger partial charge in [0, 0.05) is 0 Å². The number of hydrogen-bond acceptors (Lipinski definition) is 1. The fourth-order valence-electron chi connectivity index (χ4n) is 1.28. The maximum absolute atomic E-state index is 4.27. The first-order chi connectivity index (χ1) is 4.43. The number of rotatable bonds is 1. The summed E-state index contributed by atoms with van der Waals surface area (Å²) in [5.74, 6) is 0. The summed E-state index contributed by atoms with van der Waals surface area (Å²) in [7, 11) is 0. The van der Waals surface area contributed by atoms with Crippen LogP contribution < -0.4 is 0 Å². The zero-order chi connectivity index (χ0) is 6.53. The molecule has 0 aromatic rings. The fourth-order valence-corrected chi connectivity index (χ4v) is 1.82. The molecule has 0 amide bonds. The summed E-state index contributed by atoms with van der Waals surface area (Å²) in [6.45, 7) is 0. The molecule has 9 heavy (non-hydrogen) atoms. The van der Waals surface area contributed by atoms with E-state index in [1.165, 1.54) is 51.5 Å². The van der Waals surface area contributed by atoms with Gasteiger partial charge < -0.3 is 0 Å². The van der Waals surface area contributed by atoms with E-state index in [9.17, 15) is 0 Å². The van der Waals surface area contributed by atoms with Crippen molar-refractivity contribution >= 4 is 4.19 Å². The number of nitrogens with zero attached hydrogens (tertiary/aromatic N) is 1. The van der Waals surface area contributed by atoms with Gasteiger partial charge in [-0.15, -0.1) is 0 Å². The molecule has 0 aliphatic heterocycles. The molecule has 50 valence electrons. The van der Waals surface area contributed by atoms with Crippen LogP contribution in [0.2, 0.25) is 0 Å². The zero-order valence-electron chi connectivity index (χ0n) is 5.47. The van der Waals surface area contributed by atoms with Gasteiger partial charge in [-0.25, -0.2) is 0 Å². The molecule has 1 fully saturated rings. The number of hydrogen-bond donors (Lipinski definition) is 0. The van der Waals surface area contributed by atoms with E-state index in [2.05, 4.69) is 9.19 Å². The van der Waals surface area contributed by atoms with Crippen molar-refractivity contribution in [2.24, 2.45) is 4.99 Å². The summed E-state index contributed by atoms with van der Waals surface area (Å²) < 4.78 is 2.95. The Morgan fingerprint density at radius 2 is 1.89 bits per heavy atom. The SMILES string of the molecule is [W]=[C]=NC1CCCCC1. The molecular weight excluding hydrogens is 282 g/mol. The third-order valence-electron chi connectivity index (χ3n) is 1.81. The normalized spacial score (nSPS) is 20.9. The second kappa shape index (κ2) is 4.14. The van der Waals surface area contributed by atoms with Gasteiger partial charge in [0.1, 0.15) is 0 Å². The summed E-state index contributed by atoms with van der Waals surface area (Å²) in [6.07, 6.45) is 6.79. The minimum atomic E-state index is 0.635. The molecule has 1 nitrogen and oxygen atoms in total. The Morgan fingerprint density at radius 1 is 1.22 bits per heavy atom. The first-order valence-corrected chi connectivity index (χ1v) is 4.97. The fraction of sp³-hybridized carbons (Fsp3) is 0.857. The molecule has 0 radical (unpaired) electrons. The average molecular weight is 293 g/mol. The van der Waals surface area contributed by atoms with Crippen LogP contribution >= 0.6 is 0 Å². The summed E-state index contributed by atoms with van der Waals surface area (Å²) in [5.41, 5.74) is 0. The Bertz CT molecular complexity index is 121. The summed E-state index contributed by atoms with van der Waals surface area (Å²) in [6, 6.07) is 0.635. The molecule has 0 bridgehead atoms. The molecule has 0 heterocycles. The molecule has 1 aliphatic rings. The van der Waals surface area contributed by atoms with Crippen LogP contribution in [0.3, 0.4) is 0 Å². The Kier molecular flexibility index (Phi) is 3.40. The van der Waals surface area contributed by atoms with Crippen LogP contribution in [0.4, 0.5) is 0 Å². The van der Waals surface area contributed by atoms with Gasteiger partial charge in [-0.2, -0.15) is 0 Å². The van der Waals surface area contributed by atoms with Gasteiger partial charge in [-0.3, -0.25) is 0 Å². The van der Waals surface area contributed by atoms with Gasteiger partial charge >= 0.3 is 66.7 Å². The van der Waals surface area contributed by atoms with Crippen molar-refractivity contribution in [2.45, 2.75) is 38.1 Å². The Hall–Kier alpha value is 0.268. The molecule has 0 spiro atoms. The van der Waals surface area contributed by atoms with Gasteiger partial charge in [0.25, 0.3) is 0 Å². The quantitative estimate of drug-likeness (QED) is 0.653. The van der Waals surface area contributed by atoms with Crippen molar-refractivity contribution in [1.29, 1.82) is 0 Å². The van der Waals surface area contributed by atoms with Gasteiger partial charge in [0.15, 0.2) is 0 Å². The first kappa shape index (κ1) is 7.38. The van der Waals surface area contributed by atoms with Gasteiger partial charge in [0.05, 0.1) is 0 Å². The van der Waals surface area contributed by atoms with E-state index in [1.807, 2.05) is 0 Å². The van der Waals surface area contributed by atoms with E-state index in [0.29, 0.717) is 6.04 Å². The third kappa shape index (κ3) is 2.56. The van der Waals surface area contributed by atoms with Crippen molar-refractivity contribution in [3.05, 3.63) is 0 Å². The van der Waals surface area contributed by atoms with Crippen molar-refractivity contribution in [3.63, 3.8) is 0 Å². The topological polar surface area (TPSA) is 12.4 Å². The van der Waals surface area contributed by atoms with Crippen LogP contribution in [0.5, 0.6) is 0 Å². The van der Waals surface area contributed by atoms with Crippen molar-refractivity contribution < 1.29 is 19.4 Å². The van der Waals surface area contributed by atoms with Crippen molar-refractivity contribution in [1.82, 2.24) is 0 Å². The molecule has 1 saturated carbocycles. The molecule has 0 aromatic carbocycles. The second-order valence-electron chi connectivity index (χ2n) is 2.51. The molecule has 0 unspecified atom stereocenters. The third-order valence-corrected chi connectivity index (χ3v) is 2.19. The van der Waals surface area contributed by atoms with Crippen molar-refractivity contribution in [3.8, 4) is 0 Å². The predicted octanol–water partition coefficient (Wildman–Crippen LogP) is 1.77. The Morgan fingerprint density at radius 3 is 2.44 bits per heavy atom. The standard InChI is InChI=1S/C7H11N.W/c1-8-7-5-3-2-4-6-7;/h7H,2-6H2;. The van der Waals surface area contributed by atoms with E-state index in [4.69, 9.17) is 0 Å². The monoisotopic (exact) mass is 293 g/mol. The molecule has 0 atom stereocenters. The van der Waals surface area contributed by atoms with Gasteiger partial charge in [0.2, 0.25) is 0 Å². The summed E-state index contributed by atoms with van der Waals surface area (Å²) in [4.78, 5) is 4.27. The zero-order valence-corrected chi connectivity index (χ0v) is 8.40. The van der Waals surface area contributed by atoms with Crippen LogP contribution in [0.1, 0.15) is 32.1 Å². The molecule has 2 heteroatoms. The molecule has 1 aliphatic carbocycles. The predicted molar refractivity (Wildman–Crippen MR) is 34.3 cm³/mol. The molecule has 0 saturated heterocycles. The van der Waals surface area contributed by atoms with Crippen LogP contribution in [-0.2, 0) is 19.4 Å². The van der Waals surface area contributed by atoms with Crippen LogP contribution in [0, 0.1) is 0 Å². The molecule has 0 N–H and O–H groups in total. The van der Waals surface area contributed by atoms with E-state index in [1.54, 1.807) is 0 Å². The summed E-state index contributed by atoms with van der Waals surface area (Å²) in [5, 5.41) is 0. The molecule has 1 rings (SSSR count). The second-order valence-corrected chi connectivity index (χ2v) is 3.17. The first-order valence-electron chi connectivity index (χ1n) is 3.50. The van der Waals surface area contributed by atoms with E-state index in [-0.39, 0.29) is 0 Å².